The number of nitrogens with one attached hydrogen (secondary N) is 2. The summed E-state index contributed by atoms with van der Waals surface area (Å²) in [7, 11) is -1.68. The third-order valence-corrected chi connectivity index (χ3v) is 8.97. The highest BCUT2D eigenvalue weighted by Crippen LogP contribution is 2.31. The van der Waals surface area contributed by atoms with E-state index in [-0.39, 0.29) is 27.2 Å². The predicted molar refractivity (Wildman–Crippen MR) is 159 cm³/mol. The van der Waals surface area contributed by atoms with Crippen molar-refractivity contribution in [3.8, 4) is 0 Å². The summed E-state index contributed by atoms with van der Waals surface area (Å²) in [6, 6.07) is 11.1. The third kappa shape index (κ3) is 6.56. The lowest BCUT2D eigenvalue weighted by atomic mass is 10.1. The zero-order valence-electron chi connectivity index (χ0n) is 24.1. The van der Waals surface area contributed by atoms with Gasteiger partial charge < -0.3 is 20.1 Å². The van der Waals surface area contributed by atoms with Gasteiger partial charge >= 0.3 is 6.09 Å². The quantitative estimate of drug-likeness (QED) is 0.241. The van der Waals surface area contributed by atoms with Crippen LogP contribution in [0.2, 0.25) is 0 Å². The summed E-state index contributed by atoms with van der Waals surface area (Å²) in [5.41, 5.74) is 2.00. The zero-order valence-corrected chi connectivity index (χ0v) is 24.9. The number of halogens is 2. The van der Waals surface area contributed by atoms with Crippen LogP contribution in [0, 0.1) is 11.6 Å². The number of benzene rings is 3. The number of methoxy groups -OCH3 is 2. The molecule has 1 fully saturated rings. The van der Waals surface area contributed by atoms with E-state index in [0.717, 1.165) is 49.8 Å². The molecule has 11 nitrogen and oxygen atoms in total. The Bertz CT molecular complexity index is 1800. The average Bonchev–Trinajstić information content (AvgIpc) is 3.64. The van der Waals surface area contributed by atoms with Gasteiger partial charge in [0.1, 0.15) is 11.6 Å². The third-order valence-electron chi connectivity index (χ3n) is 7.24. The van der Waals surface area contributed by atoms with Crippen LogP contribution in [0.3, 0.4) is 0 Å². The van der Waals surface area contributed by atoms with E-state index in [4.69, 9.17) is 9.47 Å². The number of fused-ring (bicyclic) bond motifs is 1. The van der Waals surface area contributed by atoms with Crippen molar-refractivity contribution >= 4 is 44.2 Å². The van der Waals surface area contributed by atoms with Gasteiger partial charge in [-0.3, -0.25) is 9.69 Å². The first-order chi connectivity index (χ1) is 21.1. The zero-order chi connectivity index (χ0) is 31.4. The Labute approximate surface area is 252 Å². The summed E-state index contributed by atoms with van der Waals surface area (Å²) in [5.74, 6) is -2.81. The Balaban J connectivity index is 1.52. The molecular formula is C30H31F2N5O6S. The molecule has 2 N–H and O–H groups in total. The van der Waals surface area contributed by atoms with E-state index in [0.29, 0.717) is 37.0 Å². The van der Waals surface area contributed by atoms with E-state index in [1.165, 1.54) is 18.2 Å². The van der Waals surface area contributed by atoms with E-state index in [1.54, 1.807) is 13.2 Å². The van der Waals surface area contributed by atoms with E-state index in [9.17, 15) is 26.8 Å². The number of amides is 1. The summed E-state index contributed by atoms with van der Waals surface area (Å²) in [6.07, 6.45) is 1.41. The molecule has 2 heterocycles. The summed E-state index contributed by atoms with van der Waals surface area (Å²) in [6.45, 7) is 3.60. The van der Waals surface area contributed by atoms with Gasteiger partial charge in [-0.25, -0.2) is 22.0 Å². The molecule has 1 aromatic heterocycles. The highest BCUT2D eigenvalue weighted by atomic mass is 32.2. The van der Waals surface area contributed by atoms with E-state index in [2.05, 4.69) is 20.6 Å². The lowest BCUT2D eigenvalue weighted by Crippen LogP contribution is -2.20. The van der Waals surface area contributed by atoms with Gasteiger partial charge in [-0.15, -0.1) is 5.10 Å². The number of hydrogen-bond donors (Lipinski definition) is 2. The maximum absolute atomic E-state index is 13.9. The van der Waals surface area contributed by atoms with Gasteiger partial charge in [0.2, 0.25) is 9.84 Å². The van der Waals surface area contributed by atoms with Crippen molar-refractivity contribution in [3.63, 3.8) is 0 Å². The van der Waals surface area contributed by atoms with E-state index < -0.39 is 38.4 Å². The normalized spacial score (nSPS) is 13.7. The number of carbonyl (C=O) groups excluding carboxylic acids is 2. The molecule has 0 unspecified atom stereocenters. The van der Waals surface area contributed by atoms with E-state index >= 15 is 0 Å². The van der Waals surface area contributed by atoms with Crippen LogP contribution in [0.5, 0.6) is 0 Å². The predicted octanol–water partition coefficient (Wildman–Crippen LogP) is 4.67. The van der Waals surface area contributed by atoms with Crippen molar-refractivity contribution in [2.75, 3.05) is 51.1 Å². The minimum Gasteiger partial charge on any atom is -0.451 e. The van der Waals surface area contributed by atoms with Gasteiger partial charge in [0.25, 0.3) is 5.91 Å². The number of nitrogens with zero attached hydrogens (tertiary/aromatic N) is 3. The largest absolute Gasteiger partial charge is 0.451 e. The molecule has 5 rings (SSSR count). The number of carbonyl (C=O) groups is 2. The molecule has 4 aromatic rings. The lowest BCUT2D eigenvalue weighted by Gasteiger charge is -2.17. The van der Waals surface area contributed by atoms with Crippen molar-refractivity contribution in [2.45, 2.75) is 29.2 Å². The first-order valence-electron chi connectivity index (χ1n) is 13.8. The molecule has 1 saturated heterocycles. The van der Waals surface area contributed by atoms with Crippen molar-refractivity contribution in [1.82, 2.24) is 14.7 Å². The van der Waals surface area contributed by atoms with Crippen LogP contribution in [0.1, 0.15) is 28.8 Å². The summed E-state index contributed by atoms with van der Waals surface area (Å²) in [4.78, 5) is 27.5. The van der Waals surface area contributed by atoms with Crippen LogP contribution in [-0.2, 0) is 25.9 Å². The molecular weight excluding hydrogens is 596 g/mol. The second kappa shape index (κ2) is 13.1. The Morgan fingerprint density at radius 3 is 2.36 bits per heavy atom. The van der Waals surface area contributed by atoms with Crippen LogP contribution >= 0.6 is 0 Å². The van der Waals surface area contributed by atoms with Crippen molar-refractivity contribution in [1.29, 1.82) is 0 Å². The summed E-state index contributed by atoms with van der Waals surface area (Å²) in [5, 5.41) is 10.2. The minimum absolute atomic E-state index is 0.0845. The van der Waals surface area contributed by atoms with Crippen molar-refractivity contribution in [3.05, 3.63) is 77.4 Å². The van der Waals surface area contributed by atoms with Gasteiger partial charge in [0.05, 0.1) is 34.6 Å². The number of aromatic nitrogens is 2. The molecule has 14 heteroatoms. The van der Waals surface area contributed by atoms with Crippen LogP contribution in [0.15, 0.2) is 64.4 Å². The standard InChI is InChI=1S/C30H31F2N5O6S/c1-42-12-9-33-26-13-19(18-36-10-3-4-11-36)5-7-24(26)29(38)34-28-25-17-22(6-8-27(25)37(35-28)30(39)43-2)44(40,41)23-15-20(31)14-21(32)16-23/h5-8,13-17,33H,3-4,9-12,18H2,1-2H3,(H,34,35,38). The smallest absolute Gasteiger partial charge is 0.435 e. The van der Waals surface area contributed by atoms with Gasteiger partial charge in [-0.2, -0.15) is 4.68 Å². The van der Waals surface area contributed by atoms with Gasteiger partial charge in [0.15, 0.2) is 5.82 Å². The molecule has 44 heavy (non-hydrogen) atoms. The van der Waals surface area contributed by atoms with Gasteiger partial charge in [-0.1, -0.05) is 6.07 Å². The molecule has 0 radical (unpaired) electrons. The maximum atomic E-state index is 13.9. The number of likely N-dealkylation sites (tertiary alicyclic amines) is 1. The Morgan fingerprint density at radius 2 is 1.68 bits per heavy atom. The molecule has 232 valence electrons. The van der Waals surface area contributed by atoms with Gasteiger partial charge in [-0.05, 0) is 74.0 Å². The first-order valence-corrected chi connectivity index (χ1v) is 15.3. The Hall–Kier alpha value is -4.40. The number of hydrogen-bond acceptors (Lipinski definition) is 9. The minimum atomic E-state index is -4.40. The van der Waals surface area contributed by atoms with Gasteiger partial charge in [0, 0.05) is 37.3 Å². The fraction of sp³-hybridized carbons (Fsp3) is 0.300. The second-order valence-corrected chi connectivity index (χ2v) is 12.2. The molecule has 1 amide bonds. The van der Waals surface area contributed by atoms with Crippen LogP contribution in [-0.4, -0.2) is 75.6 Å². The molecule has 0 saturated carbocycles. The molecule has 3 aromatic carbocycles. The van der Waals surface area contributed by atoms with Crippen LogP contribution < -0.4 is 10.6 Å². The number of ether oxygens (including phenoxy) is 2. The molecule has 0 aliphatic carbocycles. The molecule has 1 aliphatic heterocycles. The second-order valence-electron chi connectivity index (χ2n) is 10.3. The van der Waals surface area contributed by atoms with Crippen LogP contribution in [0.4, 0.5) is 25.1 Å². The fourth-order valence-electron chi connectivity index (χ4n) is 5.10. The highest BCUT2D eigenvalue weighted by molar-refractivity contribution is 7.91. The maximum Gasteiger partial charge on any atom is 0.435 e. The number of sulfone groups is 1. The summed E-state index contributed by atoms with van der Waals surface area (Å²) >= 11 is 0. The number of rotatable bonds is 10. The fourth-order valence-corrected chi connectivity index (χ4v) is 6.43. The first kappa shape index (κ1) is 31.0. The number of anilines is 2. The Kier molecular flexibility index (Phi) is 9.22. The van der Waals surface area contributed by atoms with Crippen LogP contribution in [0.25, 0.3) is 10.9 Å². The lowest BCUT2D eigenvalue weighted by molar-refractivity contribution is 0.102. The topological polar surface area (TPSA) is 132 Å². The molecule has 1 aliphatic rings. The molecule has 0 atom stereocenters. The highest BCUT2D eigenvalue weighted by Gasteiger charge is 2.25. The average molecular weight is 628 g/mol. The monoisotopic (exact) mass is 627 g/mol. The summed E-state index contributed by atoms with van der Waals surface area (Å²) < 4.78 is 65.1. The Morgan fingerprint density at radius 1 is 0.955 bits per heavy atom. The van der Waals surface area contributed by atoms with Crippen molar-refractivity contribution < 1.29 is 36.3 Å². The van der Waals surface area contributed by atoms with E-state index in [1.807, 2.05) is 12.1 Å². The molecule has 0 bridgehead atoms. The SMILES string of the molecule is COCCNc1cc(CN2CCCC2)ccc1C(=O)Nc1nn(C(=O)OC)c2ccc(S(=O)(=O)c3cc(F)cc(F)c3)cc12. The van der Waals surface area contributed by atoms with Crippen molar-refractivity contribution in [2.24, 2.45) is 0 Å². The molecule has 0 spiro atoms.